The molecule has 0 aliphatic rings. The molecular weight excluding hydrogens is 452 g/mol. The molecule has 32 heavy (non-hydrogen) atoms. The summed E-state index contributed by atoms with van der Waals surface area (Å²) >= 11 is 0. The van der Waals surface area contributed by atoms with Crippen LogP contribution >= 0.6 is 0 Å². The van der Waals surface area contributed by atoms with E-state index < -0.39 is 30.0 Å². The van der Waals surface area contributed by atoms with Crippen LogP contribution in [0.3, 0.4) is 0 Å². The highest BCUT2D eigenvalue weighted by Crippen LogP contribution is 2.26. The van der Waals surface area contributed by atoms with Gasteiger partial charge in [0.2, 0.25) is 0 Å². The number of aliphatic imine (C=N–C) groups is 1. The molecule has 3 aromatic carbocycles. The third-order valence-electron chi connectivity index (χ3n) is 4.44. The predicted molar refractivity (Wildman–Crippen MR) is 124 cm³/mol. The van der Waals surface area contributed by atoms with Crippen LogP contribution in [0.2, 0.25) is 0 Å². The zero-order valence-electron chi connectivity index (χ0n) is 16.9. The van der Waals surface area contributed by atoms with Crippen molar-refractivity contribution in [2.24, 2.45) is 4.99 Å². The Morgan fingerprint density at radius 1 is 0.812 bits per heavy atom. The molecule has 0 aromatic heterocycles. The molecule has 0 spiro atoms. The highest BCUT2D eigenvalue weighted by atomic mass is 32.2. The van der Waals surface area contributed by atoms with Gasteiger partial charge in [-0.25, -0.2) is 0 Å². The Hall–Kier alpha value is -3.31. The molecule has 0 radical (unpaired) electrons. The van der Waals surface area contributed by atoms with Gasteiger partial charge in [0.1, 0.15) is 9.79 Å². The summed E-state index contributed by atoms with van der Waals surface area (Å²) in [5.41, 5.74) is 8.05. The summed E-state index contributed by atoms with van der Waals surface area (Å²) in [6.45, 7) is 1.93. The van der Waals surface area contributed by atoms with Gasteiger partial charge in [-0.2, -0.15) is 16.8 Å². The van der Waals surface area contributed by atoms with Gasteiger partial charge in [-0.1, -0.05) is 54.1 Å². The molecule has 0 aliphatic carbocycles. The lowest BCUT2D eigenvalue weighted by atomic mass is 10.1. The number of anilines is 1. The van der Waals surface area contributed by atoms with Crippen molar-refractivity contribution in [1.82, 2.24) is 0 Å². The van der Waals surface area contributed by atoms with E-state index in [0.717, 1.165) is 17.2 Å². The summed E-state index contributed by atoms with van der Waals surface area (Å²) in [4.78, 5) is 3.42. The van der Waals surface area contributed by atoms with Crippen LogP contribution in [0.5, 0.6) is 0 Å². The third-order valence-corrected chi connectivity index (χ3v) is 6.26. The average Bonchev–Trinajstić information content (AvgIpc) is 2.70. The number of aryl methyl sites for hydroxylation is 1. The average molecular weight is 473 g/mol. The van der Waals surface area contributed by atoms with Crippen LogP contribution in [0.15, 0.2) is 75.4 Å². The normalized spacial score (nSPS) is 12.6. The fourth-order valence-electron chi connectivity index (χ4n) is 2.96. The first-order valence-electron chi connectivity index (χ1n) is 9.21. The van der Waals surface area contributed by atoms with E-state index in [9.17, 15) is 25.9 Å². The molecule has 0 saturated carbocycles. The molecule has 0 saturated heterocycles. The second kappa shape index (κ2) is 9.05. The molecule has 166 valence electrons. The van der Waals surface area contributed by atoms with Crippen molar-refractivity contribution in [1.29, 1.82) is 0 Å². The van der Waals surface area contributed by atoms with Gasteiger partial charge >= 0.3 is 0 Å². The quantitative estimate of drug-likeness (QED) is 0.213. The zero-order valence-corrected chi connectivity index (χ0v) is 18.5. The van der Waals surface area contributed by atoms with E-state index >= 15 is 0 Å². The molecule has 0 aliphatic heterocycles. The maximum atomic E-state index is 11.9. The Labute approximate surface area is 186 Å². The molecule has 3 aromatic rings. The first-order valence-corrected chi connectivity index (χ1v) is 12.1. The predicted octanol–water partition coefficient (Wildman–Crippen LogP) is 3.99. The molecule has 4 N–H and O–H groups in total. The lowest BCUT2D eigenvalue weighted by Gasteiger charge is -2.06. The standard InChI is InChI=1S/C22H20N2O6S2/c1-15-3-2-4-16(11-15)14-24-20-10-8-18(22(13-20)32(28,29)30)6-5-17-7-9-19(23)12-21(17)31(25,26)27/h2-14H,23H2,1H3,(H,25,26,27)(H,28,29,30)/b6-5+,24-14+. The van der Waals surface area contributed by atoms with Crippen LogP contribution in [-0.4, -0.2) is 32.2 Å². The lowest BCUT2D eigenvalue weighted by molar-refractivity contribution is 0.480. The fourth-order valence-corrected chi connectivity index (χ4v) is 4.38. The summed E-state index contributed by atoms with van der Waals surface area (Å²) in [7, 11) is -9.17. The van der Waals surface area contributed by atoms with E-state index in [1.54, 1.807) is 12.3 Å². The molecule has 3 rings (SSSR count). The summed E-state index contributed by atoms with van der Waals surface area (Å²) in [6.07, 6.45) is 4.16. The van der Waals surface area contributed by atoms with E-state index in [0.29, 0.717) is 5.69 Å². The van der Waals surface area contributed by atoms with Crippen molar-refractivity contribution >= 4 is 50.0 Å². The lowest BCUT2D eigenvalue weighted by Crippen LogP contribution is -2.02. The Balaban J connectivity index is 2.01. The van der Waals surface area contributed by atoms with Gasteiger partial charge in [0, 0.05) is 11.9 Å². The minimum atomic E-state index is -4.61. The van der Waals surface area contributed by atoms with Gasteiger partial charge < -0.3 is 5.73 Å². The van der Waals surface area contributed by atoms with Crippen LogP contribution in [0.25, 0.3) is 12.2 Å². The number of hydrogen-bond donors (Lipinski definition) is 3. The number of nitrogen functional groups attached to an aromatic ring is 1. The largest absolute Gasteiger partial charge is 0.399 e. The van der Waals surface area contributed by atoms with E-state index in [4.69, 9.17) is 5.73 Å². The molecular formula is C22H20N2O6S2. The summed E-state index contributed by atoms with van der Waals surface area (Å²) < 4.78 is 66.2. The first kappa shape index (κ1) is 23.4. The maximum Gasteiger partial charge on any atom is 0.295 e. The van der Waals surface area contributed by atoms with Crippen molar-refractivity contribution in [3.8, 4) is 0 Å². The van der Waals surface area contributed by atoms with E-state index in [-0.39, 0.29) is 16.8 Å². The molecule has 0 amide bonds. The highest BCUT2D eigenvalue weighted by Gasteiger charge is 2.17. The summed E-state index contributed by atoms with van der Waals surface area (Å²) in [5.74, 6) is 0. The van der Waals surface area contributed by atoms with Gasteiger partial charge in [0.25, 0.3) is 20.2 Å². The van der Waals surface area contributed by atoms with Gasteiger partial charge in [-0.15, -0.1) is 0 Å². The van der Waals surface area contributed by atoms with Crippen molar-refractivity contribution in [3.05, 3.63) is 82.9 Å². The van der Waals surface area contributed by atoms with E-state index in [1.807, 2.05) is 31.2 Å². The number of nitrogens with two attached hydrogens (primary N) is 1. The highest BCUT2D eigenvalue weighted by molar-refractivity contribution is 7.86. The second-order valence-corrected chi connectivity index (χ2v) is 9.76. The van der Waals surface area contributed by atoms with Crippen LogP contribution in [0.1, 0.15) is 22.3 Å². The van der Waals surface area contributed by atoms with Crippen LogP contribution in [0.4, 0.5) is 11.4 Å². The smallest absolute Gasteiger partial charge is 0.295 e. The van der Waals surface area contributed by atoms with Crippen molar-refractivity contribution in [3.63, 3.8) is 0 Å². The Morgan fingerprint density at radius 3 is 2.00 bits per heavy atom. The monoisotopic (exact) mass is 472 g/mol. The van der Waals surface area contributed by atoms with Crippen molar-refractivity contribution < 1.29 is 25.9 Å². The number of hydrogen-bond acceptors (Lipinski definition) is 6. The van der Waals surface area contributed by atoms with Crippen LogP contribution in [-0.2, 0) is 20.2 Å². The van der Waals surface area contributed by atoms with Gasteiger partial charge in [-0.05, 0) is 47.9 Å². The fraction of sp³-hybridized carbons (Fsp3) is 0.0455. The zero-order chi connectivity index (χ0) is 23.5. The van der Waals surface area contributed by atoms with Crippen LogP contribution < -0.4 is 5.73 Å². The van der Waals surface area contributed by atoms with Crippen molar-refractivity contribution in [2.75, 3.05) is 5.73 Å². The molecule has 0 fully saturated rings. The second-order valence-electron chi connectivity index (χ2n) is 6.98. The maximum absolute atomic E-state index is 11.9. The molecule has 8 nitrogen and oxygen atoms in total. The van der Waals surface area contributed by atoms with Crippen LogP contribution in [0, 0.1) is 6.92 Å². The molecule has 0 atom stereocenters. The number of rotatable bonds is 6. The Kier molecular flexibility index (Phi) is 6.60. The first-order chi connectivity index (χ1) is 14.9. The Morgan fingerprint density at radius 2 is 1.41 bits per heavy atom. The molecule has 0 heterocycles. The van der Waals surface area contributed by atoms with E-state index in [1.165, 1.54) is 36.4 Å². The SMILES string of the molecule is Cc1cccc(/C=N/c2ccc(/C=C/c3ccc(N)cc3S(=O)(=O)O)c(S(=O)(=O)O)c2)c1. The summed E-state index contributed by atoms with van der Waals surface area (Å²) in [6, 6.07) is 15.6. The number of nitrogens with zero attached hydrogens (tertiary/aromatic N) is 1. The topological polar surface area (TPSA) is 147 Å². The summed E-state index contributed by atoms with van der Waals surface area (Å²) in [5, 5.41) is 0. The van der Waals surface area contributed by atoms with Gasteiger partial charge in [-0.3, -0.25) is 14.1 Å². The van der Waals surface area contributed by atoms with Gasteiger partial charge in [0.15, 0.2) is 0 Å². The number of benzene rings is 3. The molecule has 10 heteroatoms. The molecule has 0 bridgehead atoms. The van der Waals surface area contributed by atoms with Crippen molar-refractivity contribution in [2.45, 2.75) is 16.7 Å². The molecule has 0 unspecified atom stereocenters. The van der Waals surface area contributed by atoms with Gasteiger partial charge in [0.05, 0.1) is 5.69 Å². The Bertz CT molecular complexity index is 1440. The van der Waals surface area contributed by atoms with E-state index in [2.05, 4.69) is 4.99 Å². The third kappa shape index (κ3) is 5.89. The minimum absolute atomic E-state index is 0.0875. The minimum Gasteiger partial charge on any atom is -0.399 e.